The molecule has 0 bridgehead atoms. The van der Waals surface area contributed by atoms with Crippen LogP contribution in [0.25, 0.3) is 0 Å². The van der Waals surface area contributed by atoms with Gasteiger partial charge in [-0.1, -0.05) is 0 Å². The number of benzene rings is 1. The first-order valence-electron chi connectivity index (χ1n) is 6.94. The van der Waals surface area contributed by atoms with E-state index in [1.54, 1.807) is 32.5 Å². The molecule has 1 N–H and O–H groups in total. The zero-order chi connectivity index (χ0) is 16.1. The SMILES string of the molecule is COc1cc(C)c(C(C)Nc2ccc(C#N)cn2)cc1OC. The van der Waals surface area contributed by atoms with Crippen molar-refractivity contribution in [1.82, 2.24) is 4.98 Å². The molecule has 22 heavy (non-hydrogen) atoms. The maximum Gasteiger partial charge on any atom is 0.161 e. The first-order chi connectivity index (χ1) is 10.6. The van der Waals surface area contributed by atoms with Crippen LogP contribution in [0.1, 0.15) is 29.7 Å². The number of ether oxygens (including phenoxy) is 2. The summed E-state index contributed by atoms with van der Waals surface area (Å²) in [5.41, 5.74) is 2.75. The van der Waals surface area contributed by atoms with Crippen LogP contribution in [-0.2, 0) is 0 Å². The Balaban J connectivity index is 2.24. The number of aryl methyl sites for hydroxylation is 1. The number of rotatable bonds is 5. The minimum Gasteiger partial charge on any atom is -0.493 e. The van der Waals surface area contributed by atoms with E-state index in [9.17, 15) is 0 Å². The molecule has 0 amide bonds. The van der Waals surface area contributed by atoms with Crippen molar-refractivity contribution in [1.29, 1.82) is 5.26 Å². The largest absolute Gasteiger partial charge is 0.493 e. The van der Waals surface area contributed by atoms with Crippen LogP contribution in [0.2, 0.25) is 0 Å². The Hall–Kier alpha value is -2.74. The first-order valence-corrected chi connectivity index (χ1v) is 6.94. The van der Waals surface area contributed by atoms with E-state index < -0.39 is 0 Å². The van der Waals surface area contributed by atoms with Crippen LogP contribution in [0.5, 0.6) is 11.5 Å². The highest BCUT2D eigenvalue weighted by molar-refractivity contribution is 5.50. The van der Waals surface area contributed by atoms with Gasteiger partial charge >= 0.3 is 0 Å². The molecule has 0 spiro atoms. The summed E-state index contributed by atoms with van der Waals surface area (Å²) in [4.78, 5) is 4.23. The fraction of sp³-hybridized carbons (Fsp3) is 0.294. The molecular formula is C17H19N3O2. The minimum absolute atomic E-state index is 0.0419. The van der Waals surface area contributed by atoms with Crippen LogP contribution in [-0.4, -0.2) is 19.2 Å². The lowest BCUT2D eigenvalue weighted by Crippen LogP contribution is -2.10. The number of nitrogens with zero attached hydrogens (tertiary/aromatic N) is 2. The number of aromatic nitrogens is 1. The third kappa shape index (κ3) is 3.29. The topological polar surface area (TPSA) is 67.2 Å². The predicted octanol–water partition coefficient (Wildman–Crippen LogP) is 3.45. The Morgan fingerprint density at radius 3 is 2.41 bits per heavy atom. The Labute approximate surface area is 130 Å². The molecule has 1 aromatic heterocycles. The Kier molecular flexibility index (Phi) is 4.84. The molecule has 1 heterocycles. The zero-order valence-electron chi connectivity index (χ0n) is 13.2. The van der Waals surface area contributed by atoms with Crippen LogP contribution in [0, 0.1) is 18.3 Å². The van der Waals surface area contributed by atoms with Gasteiger partial charge in [0.25, 0.3) is 0 Å². The van der Waals surface area contributed by atoms with Crippen LogP contribution in [0.15, 0.2) is 30.5 Å². The molecule has 2 aromatic rings. The van der Waals surface area contributed by atoms with Crippen LogP contribution >= 0.6 is 0 Å². The first kappa shape index (κ1) is 15.6. The maximum atomic E-state index is 8.80. The summed E-state index contributed by atoms with van der Waals surface area (Å²) in [5, 5.41) is 12.1. The van der Waals surface area contributed by atoms with E-state index in [0.717, 1.165) is 16.9 Å². The molecule has 0 radical (unpaired) electrons. The molecule has 0 aliphatic rings. The van der Waals surface area contributed by atoms with Crippen LogP contribution in [0.3, 0.4) is 0 Å². The highest BCUT2D eigenvalue weighted by Gasteiger charge is 2.14. The molecule has 0 fully saturated rings. The predicted molar refractivity (Wildman–Crippen MR) is 85.3 cm³/mol. The second kappa shape index (κ2) is 6.81. The van der Waals surface area contributed by atoms with Crippen molar-refractivity contribution in [2.24, 2.45) is 0 Å². The third-order valence-electron chi connectivity index (χ3n) is 3.50. The second-order valence-electron chi connectivity index (χ2n) is 4.97. The van der Waals surface area contributed by atoms with Crippen LogP contribution < -0.4 is 14.8 Å². The molecule has 1 aromatic carbocycles. The summed E-state index contributed by atoms with van der Waals surface area (Å²) in [7, 11) is 3.25. The van der Waals surface area contributed by atoms with Gasteiger partial charge in [-0.15, -0.1) is 0 Å². The normalized spacial score (nSPS) is 11.4. The summed E-state index contributed by atoms with van der Waals surface area (Å²) in [6, 6.07) is 9.56. The molecule has 1 unspecified atom stereocenters. The average molecular weight is 297 g/mol. The van der Waals surface area contributed by atoms with Gasteiger partial charge in [0.2, 0.25) is 0 Å². The zero-order valence-corrected chi connectivity index (χ0v) is 13.2. The minimum atomic E-state index is 0.0419. The second-order valence-corrected chi connectivity index (χ2v) is 4.97. The standard InChI is InChI=1S/C17H19N3O2/c1-11-7-15(21-3)16(22-4)8-14(11)12(2)20-17-6-5-13(9-18)10-19-17/h5-8,10,12H,1-4H3,(H,19,20). The van der Waals surface area contributed by atoms with Crippen LogP contribution in [0.4, 0.5) is 5.82 Å². The van der Waals surface area contributed by atoms with Gasteiger partial charge in [0.15, 0.2) is 11.5 Å². The number of nitriles is 1. The molecule has 2 rings (SSSR count). The molecule has 0 saturated heterocycles. The molecule has 114 valence electrons. The van der Waals surface area contributed by atoms with Crippen molar-refractivity contribution < 1.29 is 9.47 Å². The van der Waals surface area contributed by atoms with Crippen molar-refractivity contribution in [3.63, 3.8) is 0 Å². The van der Waals surface area contributed by atoms with E-state index in [0.29, 0.717) is 17.1 Å². The number of pyridine rings is 1. The van der Waals surface area contributed by atoms with Gasteiger partial charge < -0.3 is 14.8 Å². The number of hydrogen-bond donors (Lipinski definition) is 1. The lowest BCUT2D eigenvalue weighted by Gasteiger charge is -2.19. The molecule has 5 nitrogen and oxygen atoms in total. The van der Waals surface area contributed by atoms with E-state index in [1.165, 1.54) is 0 Å². The van der Waals surface area contributed by atoms with Gasteiger partial charge in [0.1, 0.15) is 11.9 Å². The van der Waals surface area contributed by atoms with Gasteiger partial charge in [0.05, 0.1) is 25.8 Å². The molecule has 1 atom stereocenters. The maximum absolute atomic E-state index is 8.80. The third-order valence-corrected chi connectivity index (χ3v) is 3.50. The van der Waals surface area contributed by atoms with Gasteiger partial charge in [-0.25, -0.2) is 4.98 Å². The number of nitrogens with one attached hydrogen (secondary N) is 1. The molecule has 0 saturated carbocycles. The van der Waals surface area contributed by atoms with Gasteiger partial charge in [-0.2, -0.15) is 5.26 Å². The van der Waals surface area contributed by atoms with E-state index in [4.69, 9.17) is 14.7 Å². The van der Waals surface area contributed by atoms with Crippen molar-refractivity contribution in [3.05, 3.63) is 47.2 Å². The molecule has 5 heteroatoms. The van der Waals surface area contributed by atoms with Crippen molar-refractivity contribution in [2.45, 2.75) is 19.9 Å². The lowest BCUT2D eigenvalue weighted by atomic mass is 10.0. The summed E-state index contributed by atoms with van der Waals surface area (Å²) in [6.07, 6.45) is 1.55. The summed E-state index contributed by atoms with van der Waals surface area (Å²) < 4.78 is 10.7. The van der Waals surface area contributed by atoms with E-state index in [2.05, 4.69) is 16.4 Å². The Morgan fingerprint density at radius 2 is 1.86 bits per heavy atom. The number of hydrogen-bond acceptors (Lipinski definition) is 5. The molecule has 0 aliphatic carbocycles. The lowest BCUT2D eigenvalue weighted by molar-refractivity contribution is 0.354. The van der Waals surface area contributed by atoms with Crippen molar-refractivity contribution in [3.8, 4) is 17.6 Å². The average Bonchev–Trinajstić information content (AvgIpc) is 2.55. The monoisotopic (exact) mass is 297 g/mol. The quantitative estimate of drug-likeness (QED) is 0.915. The summed E-state index contributed by atoms with van der Waals surface area (Å²) in [6.45, 7) is 4.08. The van der Waals surface area contributed by atoms with E-state index >= 15 is 0 Å². The van der Waals surface area contributed by atoms with E-state index in [-0.39, 0.29) is 6.04 Å². The Morgan fingerprint density at radius 1 is 1.18 bits per heavy atom. The van der Waals surface area contributed by atoms with E-state index in [1.807, 2.05) is 26.0 Å². The van der Waals surface area contributed by atoms with Gasteiger partial charge in [-0.05, 0) is 49.2 Å². The highest BCUT2D eigenvalue weighted by atomic mass is 16.5. The summed E-state index contributed by atoms with van der Waals surface area (Å²) in [5.74, 6) is 2.14. The molecular weight excluding hydrogens is 278 g/mol. The highest BCUT2D eigenvalue weighted by Crippen LogP contribution is 2.33. The van der Waals surface area contributed by atoms with Crippen molar-refractivity contribution in [2.75, 3.05) is 19.5 Å². The number of methoxy groups -OCH3 is 2. The fourth-order valence-corrected chi connectivity index (χ4v) is 2.31. The van der Waals surface area contributed by atoms with Gasteiger partial charge in [0, 0.05) is 6.20 Å². The summed E-state index contributed by atoms with van der Waals surface area (Å²) >= 11 is 0. The fourth-order valence-electron chi connectivity index (χ4n) is 2.31. The smallest absolute Gasteiger partial charge is 0.161 e. The van der Waals surface area contributed by atoms with Crippen molar-refractivity contribution >= 4 is 5.82 Å². The van der Waals surface area contributed by atoms with Gasteiger partial charge in [-0.3, -0.25) is 0 Å². The Bertz CT molecular complexity index is 690. The number of anilines is 1. The molecule has 0 aliphatic heterocycles.